The number of amides is 1. The summed E-state index contributed by atoms with van der Waals surface area (Å²) in [6.45, 7) is 0.654. The second-order valence-corrected chi connectivity index (χ2v) is 9.09. The van der Waals surface area contributed by atoms with E-state index in [4.69, 9.17) is 0 Å². The van der Waals surface area contributed by atoms with Gasteiger partial charge in [-0.3, -0.25) is 4.79 Å². The lowest BCUT2D eigenvalue weighted by atomic mass is 9.56. The van der Waals surface area contributed by atoms with Crippen molar-refractivity contribution in [3.8, 4) is 0 Å². The molecule has 4 fully saturated rings. The van der Waals surface area contributed by atoms with E-state index in [2.05, 4.69) is 17.4 Å². The van der Waals surface area contributed by atoms with E-state index in [0.717, 1.165) is 17.8 Å². The van der Waals surface area contributed by atoms with Gasteiger partial charge in [0.1, 0.15) is 0 Å². The molecule has 1 N–H and O–H groups in total. The fraction of sp³-hybridized carbons (Fsp3) is 0.632. The van der Waals surface area contributed by atoms with Crippen LogP contribution in [-0.2, 0) is 11.3 Å². The normalized spacial score (nSPS) is 35.5. The maximum Gasteiger partial charge on any atom is 0.230 e. The molecule has 4 bridgehead atoms. The van der Waals surface area contributed by atoms with Gasteiger partial charge in [0.2, 0.25) is 5.91 Å². The van der Waals surface area contributed by atoms with Crippen molar-refractivity contribution in [3.63, 3.8) is 0 Å². The smallest absolute Gasteiger partial charge is 0.230 e. The van der Waals surface area contributed by atoms with Crippen molar-refractivity contribution in [3.05, 3.63) is 35.9 Å². The molecule has 5 rings (SSSR count). The number of rotatable bonds is 5. The van der Waals surface area contributed by atoms with E-state index in [1.807, 2.05) is 30.0 Å². The molecular formula is C19H25NOS. The molecule has 4 aliphatic carbocycles. The van der Waals surface area contributed by atoms with E-state index < -0.39 is 0 Å². The number of carbonyl (C=O) groups is 1. The zero-order valence-corrected chi connectivity index (χ0v) is 13.9. The minimum Gasteiger partial charge on any atom is -0.351 e. The average Bonchev–Trinajstić information content (AvgIpc) is 2.51. The van der Waals surface area contributed by atoms with Crippen LogP contribution in [0.2, 0.25) is 0 Å². The zero-order valence-electron chi connectivity index (χ0n) is 13.1. The largest absolute Gasteiger partial charge is 0.351 e. The molecule has 1 aromatic rings. The molecule has 0 heterocycles. The predicted molar refractivity (Wildman–Crippen MR) is 91.6 cm³/mol. The minimum absolute atomic E-state index is 0.199. The van der Waals surface area contributed by atoms with Crippen molar-refractivity contribution >= 4 is 17.7 Å². The Morgan fingerprint density at radius 3 is 2.23 bits per heavy atom. The molecule has 4 saturated carbocycles. The summed E-state index contributed by atoms with van der Waals surface area (Å²) in [5.41, 5.74) is 1.18. The van der Waals surface area contributed by atoms with Gasteiger partial charge in [-0.2, -0.15) is 0 Å². The third-order valence-electron chi connectivity index (χ3n) is 5.82. The molecule has 3 heteroatoms. The molecule has 0 radical (unpaired) electrons. The molecule has 0 spiro atoms. The maximum atomic E-state index is 12.2. The molecule has 4 aliphatic rings. The number of hydrogen-bond acceptors (Lipinski definition) is 2. The van der Waals surface area contributed by atoms with Crippen molar-refractivity contribution in [2.75, 3.05) is 5.75 Å². The average molecular weight is 315 g/mol. The Morgan fingerprint density at radius 1 is 1.05 bits per heavy atom. The summed E-state index contributed by atoms with van der Waals surface area (Å²) in [6, 6.07) is 10.2. The van der Waals surface area contributed by atoms with E-state index in [1.165, 1.54) is 44.1 Å². The lowest BCUT2D eigenvalue weighted by molar-refractivity contribution is -0.118. The van der Waals surface area contributed by atoms with E-state index in [9.17, 15) is 4.79 Å². The van der Waals surface area contributed by atoms with Gasteiger partial charge in [-0.1, -0.05) is 30.3 Å². The minimum atomic E-state index is 0.199. The van der Waals surface area contributed by atoms with Crippen LogP contribution in [0.4, 0.5) is 0 Å². The summed E-state index contributed by atoms with van der Waals surface area (Å²) >= 11 is 1.97. The molecule has 0 aliphatic heterocycles. The standard InChI is InChI=1S/C19H25NOS/c21-18(20-12-14-4-2-1-3-5-14)13-22-19-9-15-6-16(10-19)8-17(7-15)11-19/h1-5,15-17H,6-13H2,(H,20,21). The highest BCUT2D eigenvalue weighted by Crippen LogP contribution is 2.60. The highest BCUT2D eigenvalue weighted by molar-refractivity contribution is 8.01. The van der Waals surface area contributed by atoms with E-state index in [0.29, 0.717) is 17.0 Å². The summed E-state index contributed by atoms with van der Waals surface area (Å²) in [5, 5.41) is 3.07. The monoisotopic (exact) mass is 315 g/mol. The first-order valence-corrected chi connectivity index (χ1v) is 9.64. The molecule has 2 nitrogen and oxygen atoms in total. The third-order valence-corrected chi connectivity index (χ3v) is 7.34. The molecule has 0 aromatic heterocycles. The van der Waals surface area contributed by atoms with Gasteiger partial charge in [0.15, 0.2) is 0 Å². The Hall–Kier alpha value is -0.960. The van der Waals surface area contributed by atoms with Crippen molar-refractivity contribution in [1.29, 1.82) is 0 Å². The first-order valence-electron chi connectivity index (χ1n) is 8.65. The van der Waals surface area contributed by atoms with Crippen molar-refractivity contribution in [2.24, 2.45) is 17.8 Å². The zero-order chi connectivity index (χ0) is 15.0. The van der Waals surface area contributed by atoms with Crippen LogP contribution in [0.5, 0.6) is 0 Å². The van der Waals surface area contributed by atoms with Crippen molar-refractivity contribution in [2.45, 2.75) is 49.8 Å². The topological polar surface area (TPSA) is 29.1 Å². The Balaban J connectivity index is 1.28. The Morgan fingerprint density at radius 2 is 1.64 bits per heavy atom. The van der Waals surface area contributed by atoms with Crippen molar-refractivity contribution < 1.29 is 4.79 Å². The van der Waals surface area contributed by atoms with Gasteiger partial charge >= 0.3 is 0 Å². The van der Waals surface area contributed by atoms with Crippen LogP contribution in [0.3, 0.4) is 0 Å². The first kappa shape index (κ1) is 14.6. The van der Waals surface area contributed by atoms with Gasteiger partial charge < -0.3 is 5.32 Å². The number of nitrogens with one attached hydrogen (secondary N) is 1. The summed E-state index contributed by atoms with van der Waals surface area (Å²) in [6.07, 6.45) is 8.53. The maximum absolute atomic E-state index is 12.2. The van der Waals surface area contributed by atoms with Gasteiger partial charge in [0, 0.05) is 11.3 Å². The predicted octanol–water partition coefficient (Wildman–Crippen LogP) is 4.00. The van der Waals surface area contributed by atoms with Crippen molar-refractivity contribution in [1.82, 2.24) is 5.32 Å². The highest BCUT2D eigenvalue weighted by atomic mass is 32.2. The van der Waals surface area contributed by atoms with Gasteiger partial charge in [0.25, 0.3) is 0 Å². The third kappa shape index (κ3) is 3.05. The van der Waals surface area contributed by atoms with Gasteiger partial charge in [-0.05, 0) is 61.8 Å². The lowest BCUT2D eigenvalue weighted by Gasteiger charge is -2.56. The van der Waals surface area contributed by atoms with Crippen LogP contribution in [0.15, 0.2) is 30.3 Å². The summed E-state index contributed by atoms with van der Waals surface area (Å²) < 4.78 is 0.443. The second-order valence-electron chi connectivity index (χ2n) is 7.65. The van der Waals surface area contributed by atoms with Gasteiger partial charge in [0.05, 0.1) is 5.75 Å². The van der Waals surface area contributed by atoms with Crippen LogP contribution >= 0.6 is 11.8 Å². The Bertz CT molecular complexity index is 506. The van der Waals surface area contributed by atoms with E-state index in [1.54, 1.807) is 0 Å². The number of carbonyl (C=O) groups excluding carboxylic acids is 1. The highest BCUT2D eigenvalue weighted by Gasteiger charge is 2.51. The molecule has 0 unspecified atom stereocenters. The van der Waals surface area contributed by atoms with Gasteiger partial charge in [-0.15, -0.1) is 11.8 Å². The molecule has 0 saturated heterocycles. The fourth-order valence-corrected chi connectivity index (χ4v) is 6.87. The van der Waals surface area contributed by atoms with Crippen LogP contribution in [-0.4, -0.2) is 16.4 Å². The number of benzene rings is 1. The molecule has 1 aromatic carbocycles. The van der Waals surface area contributed by atoms with E-state index >= 15 is 0 Å². The van der Waals surface area contributed by atoms with Crippen LogP contribution in [0.25, 0.3) is 0 Å². The Kier molecular flexibility index (Phi) is 3.93. The first-order chi connectivity index (χ1) is 10.7. The Labute approximate surface area is 137 Å². The second kappa shape index (κ2) is 5.92. The van der Waals surface area contributed by atoms with Crippen LogP contribution < -0.4 is 5.32 Å². The van der Waals surface area contributed by atoms with Gasteiger partial charge in [-0.25, -0.2) is 0 Å². The molecule has 22 heavy (non-hydrogen) atoms. The number of hydrogen-bond donors (Lipinski definition) is 1. The SMILES string of the molecule is O=C(CSC12CC3CC(CC(C3)C1)C2)NCc1ccccc1. The lowest BCUT2D eigenvalue weighted by Crippen LogP contribution is -2.49. The molecular weight excluding hydrogens is 290 g/mol. The van der Waals surface area contributed by atoms with E-state index in [-0.39, 0.29) is 5.91 Å². The molecule has 118 valence electrons. The summed E-state index contributed by atoms with van der Waals surface area (Å²) in [4.78, 5) is 12.2. The molecule has 0 atom stereocenters. The summed E-state index contributed by atoms with van der Waals surface area (Å²) in [7, 11) is 0. The number of thioether (sulfide) groups is 1. The fourth-order valence-electron chi connectivity index (χ4n) is 5.27. The quantitative estimate of drug-likeness (QED) is 0.889. The van der Waals surface area contributed by atoms with Crippen LogP contribution in [0, 0.1) is 17.8 Å². The summed E-state index contributed by atoms with van der Waals surface area (Å²) in [5.74, 6) is 3.73. The molecule has 1 amide bonds. The van der Waals surface area contributed by atoms with Crippen LogP contribution in [0.1, 0.15) is 44.1 Å².